The molecule has 2 aromatic rings. The third kappa shape index (κ3) is 2.84. The summed E-state index contributed by atoms with van der Waals surface area (Å²) in [6, 6.07) is 4.59. The van der Waals surface area contributed by atoms with Gasteiger partial charge in [0, 0.05) is 35.6 Å². The Morgan fingerprint density at radius 3 is 2.77 bits per heavy atom. The third-order valence-electron chi connectivity index (χ3n) is 6.36. The first kappa shape index (κ1) is 16.9. The molecule has 2 aliphatic heterocycles. The number of aromatic nitrogens is 1. The van der Waals surface area contributed by atoms with Gasteiger partial charge in [0.15, 0.2) is 0 Å². The standard InChI is InChI=1S/C21H26N2OS2/c24-20(23-12-5-7-15-6-1-2-8-17(15)23)19-16-9-13-25-14-18(16)26-21(19)22-10-3-4-11-22/h3-4,10-11,15,17H,1-2,5-9,12-14H2. The summed E-state index contributed by atoms with van der Waals surface area (Å²) in [5, 5.41) is 1.14. The molecule has 1 saturated carbocycles. The Balaban J connectivity index is 1.56. The summed E-state index contributed by atoms with van der Waals surface area (Å²) in [4.78, 5) is 17.5. The highest BCUT2D eigenvalue weighted by molar-refractivity contribution is 7.98. The topological polar surface area (TPSA) is 25.2 Å². The van der Waals surface area contributed by atoms with Gasteiger partial charge in [0.1, 0.15) is 5.00 Å². The fourth-order valence-corrected chi connectivity index (χ4v) is 7.55. The van der Waals surface area contributed by atoms with Crippen molar-refractivity contribution in [1.82, 2.24) is 9.47 Å². The molecule has 5 rings (SSSR count). The minimum atomic E-state index is 0.315. The molecule has 0 aromatic carbocycles. The van der Waals surface area contributed by atoms with Crippen LogP contribution in [0.3, 0.4) is 0 Å². The van der Waals surface area contributed by atoms with Crippen molar-refractivity contribution in [1.29, 1.82) is 0 Å². The molecule has 0 spiro atoms. The predicted octanol–water partition coefficient (Wildman–Crippen LogP) is 5.12. The fraction of sp³-hybridized carbons (Fsp3) is 0.571. The van der Waals surface area contributed by atoms with Crippen LogP contribution in [0.4, 0.5) is 0 Å². The van der Waals surface area contributed by atoms with Crippen molar-refractivity contribution >= 4 is 29.0 Å². The summed E-state index contributed by atoms with van der Waals surface area (Å²) in [6.07, 6.45) is 12.9. The second-order valence-corrected chi connectivity index (χ2v) is 10.0. The van der Waals surface area contributed by atoms with Crippen LogP contribution >= 0.6 is 23.1 Å². The second-order valence-electron chi connectivity index (χ2n) is 7.83. The molecule has 4 heterocycles. The summed E-state index contributed by atoms with van der Waals surface area (Å²) < 4.78 is 2.16. The van der Waals surface area contributed by atoms with Crippen molar-refractivity contribution in [2.45, 2.75) is 56.7 Å². The summed E-state index contributed by atoms with van der Waals surface area (Å²) in [7, 11) is 0. The van der Waals surface area contributed by atoms with Gasteiger partial charge in [-0.1, -0.05) is 12.8 Å². The Hall–Kier alpha value is -1.20. The van der Waals surface area contributed by atoms with E-state index >= 15 is 0 Å². The average molecular weight is 387 g/mol. The van der Waals surface area contributed by atoms with Gasteiger partial charge in [-0.15, -0.1) is 11.3 Å². The van der Waals surface area contributed by atoms with Crippen LogP contribution in [-0.4, -0.2) is 33.7 Å². The summed E-state index contributed by atoms with van der Waals surface area (Å²) in [5.41, 5.74) is 2.37. The van der Waals surface area contributed by atoms with E-state index in [-0.39, 0.29) is 0 Å². The number of nitrogens with zero attached hydrogens (tertiary/aromatic N) is 2. The number of rotatable bonds is 2. The summed E-state index contributed by atoms with van der Waals surface area (Å²) >= 11 is 3.83. The van der Waals surface area contributed by atoms with E-state index in [1.807, 2.05) is 23.1 Å². The first-order valence-corrected chi connectivity index (χ1v) is 12.0. The molecule has 1 aliphatic carbocycles. The second kappa shape index (κ2) is 7.08. The zero-order chi connectivity index (χ0) is 17.5. The van der Waals surface area contributed by atoms with E-state index in [4.69, 9.17) is 0 Å². The Kier molecular flexibility index (Phi) is 4.61. The molecule has 2 unspecified atom stereocenters. The number of hydrogen-bond acceptors (Lipinski definition) is 3. The lowest BCUT2D eigenvalue weighted by Gasteiger charge is -2.44. The van der Waals surface area contributed by atoms with Crippen molar-refractivity contribution in [2.75, 3.05) is 12.3 Å². The molecule has 138 valence electrons. The summed E-state index contributed by atoms with van der Waals surface area (Å²) in [5.74, 6) is 3.26. The van der Waals surface area contributed by atoms with Crippen LogP contribution < -0.4 is 0 Å². The first-order chi connectivity index (χ1) is 12.8. The molecule has 0 radical (unpaired) electrons. The Morgan fingerprint density at radius 1 is 1.08 bits per heavy atom. The Morgan fingerprint density at radius 2 is 1.88 bits per heavy atom. The molecule has 2 fully saturated rings. The van der Waals surface area contributed by atoms with Gasteiger partial charge in [-0.3, -0.25) is 4.79 Å². The number of amides is 1. The highest BCUT2D eigenvalue weighted by Gasteiger charge is 2.38. The first-order valence-electron chi connectivity index (χ1n) is 9.99. The van der Waals surface area contributed by atoms with Gasteiger partial charge in [0.05, 0.1) is 5.56 Å². The quantitative estimate of drug-likeness (QED) is 0.715. The highest BCUT2D eigenvalue weighted by Crippen LogP contribution is 2.41. The molecule has 0 bridgehead atoms. The van der Waals surface area contributed by atoms with Gasteiger partial charge in [-0.25, -0.2) is 0 Å². The predicted molar refractivity (Wildman–Crippen MR) is 110 cm³/mol. The molecule has 3 aliphatic rings. The van der Waals surface area contributed by atoms with Crippen LogP contribution in [0.2, 0.25) is 0 Å². The SMILES string of the molecule is O=C(c1c(-n2cccc2)sc2c1CCSC2)N1CCCC2CCCCC21. The van der Waals surface area contributed by atoms with Crippen molar-refractivity contribution in [2.24, 2.45) is 5.92 Å². The molecular formula is C21H26N2OS2. The van der Waals surface area contributed by atoms with Crippen LogP contribution in [0, 0.1) is 5.92 Å². The van der Waals surface area contributed by atoms with Crippen molar-refractivity contribution in [3.8, 4) is 5.00 Å². The molecule has 5 heteroatoms. The van der Waals surface area contributed by atoms with Gasteiger partial charge in [-0.2, -0.15) is 11.8 Å². The van der Waals surface area contributed by atoms with Gasteiger partial charge in [0.2, 0.25) is 0 Å². The number of likely N-dealkylation sites (tertiary alicyclic amines) is 1. The number of carbonyl (C=O) groups is 1. The van der Waals surface area contributed by atoms with Crippen molar-refractivity contribution in [3.05, 3.63) is 40.5 Å². The smallest absolute Gasteiger partial charge is 0.257 e. The van der Waals surface area contributed by atoms with Crippen molar-refractivity contribution in [3.63, 3.8) is 0 Å². The molecule has 1 saturated heterocycles. The number of fused-ring (bicyclic) bond motifs is 2. The van der Waals surface area contributed by atoms with Gasteiger partial charge >= 0.3 is 0 Å². The Labute approximate surface area is 163 Å². The largest absolute Gasteiger partial charge is 0.335 e. The van der Waals surface area contributed by atoms with Crippen molar-refractivity contribution < 1.29 is 4.79 Å². The van der Waals surface area contributed by atoms with Crippen LogP contribution in [0.25, 0.3) is 5.00 Å². The zero-order valence-corrected chi connectivity index (χ0v) is 16.8. The minimum Gasteiger partial charge on any atom is -0.335 e. The molecule has 2 aromatic heterocycles. The lowest BCUT2D eigenvalue weighted by molar-refractivity contribution is 0.0390. The lowest BCUT2D eigenvalue weighted by atomic mass is 9.78. The van der Waals surface area contributed by atoms with Crippen LogP contribution in [0.5, 0.6) is 0 Å². The van der Waals surface area contributed by atoms with Crippen LogP contribution in [0.15, 0.2) is 24.5 Å². The number of hydrogen-bond donors (Lipinski definition) is 0. The number of thiophene rings is 1. The van der Waals surface area contributed by atoms with Crippen LogP contribution in [-0.2, 0) is 12.2 Å². The normalized spacial score (nSPS) is 25.6. The summed E-state index contributed by atoms with van der Waals surface area (Å²) in [6.45, 7) is 0.949. The van der Waals surface area contributed by atoms with E-state index in [2.05, 4.69) is 34.0 Å². The molecule has 26 heavy (non-hydrogen) atoms. The van der Waals surface area contributed by atoms with Gasteiger partial charge < -0.3 is 9.47 Å². The molecule has 3 nitrogen and oxygen atoms in total. The number of piperidine rings is 1. The fourth-order valence-electron chi connectivity index (χ4n) is 5.11. The average Bonchev–Trinajstić information content (AvgIpc) is 3.34. The number of carbonyl (C=O) groups excluding carboxylic acids is 1. The van der Waals surface area contributed by atoms with E-state index in [1.54, 1.807) is 0 Å². The minimum absolute atomic E-state index is 0.315. The maximum atomic E-state index is 13.8. The molecule has 1 amide bonds. The third-order valence-corrected chi connectivity index (χ3v) is 8.77. The maximum absolute atomic E-state index is 13.8. The molecule has 0 N–H and O–H groups in total. The monoisotopic (exact) mass is 386 g/mol. The van der Waals surface area contributed by atoms with Gasteiger partial charge in [0.25, 0.3) is 5.91 Å². The van der Waals surface area contributed by atoms with E-state index in [1.165, 1.54) is 49.0 Å². The number of thioether (sulfide) groups is 1. The van der Waals surface area contributed by atoms with Gasteiger partial charge in [-0.05, 0) is 61.5 Å². The molecule has 2 atom stereocenters. The Bertz CT molecular complexity index is 793. The van der Waals surface area contributed by atoms with E-state index < -0.39 is 0 Å². The van der Waals surface area contributed by atoms with E-state index in [0.717, 1.165) is 41.0 Å². The molecular weight excluding hydrogens is 360 g/mol. The van der Waals surface area contributed by atoms with Crippen LogP contribution in [0.1, 0.15) is 59.3 Å². The van der Waals surface area contributed by atoms with E-state index in [9.17, 15) is 4.79 Å². The van der Waals surface area contributed by atoms with E-state index in [0.29, 0.717) is 11.9 Å². The lowest BCUT2D eigenvalue weighted by Crippen LogP contribution is -2.50. The zero-order valence-electron chi connectivity index (χ0n) is 15.2. The maximum Gasteiger partial charge on any atom is 0.257 e. The highest BCUT2D eigenvalue weighted by atomic mass is 32.2.